The van der Waals surface area contributed by atoms with Crippen LogP contribution in [0.5, 0.6) is 0 Å². The van der Waals surface area contributed by atoms with Gasteiger partial charge in [0.05, 0.1) is 17.0 Å². The first-order valence-electron chi connectivity index (χ1n) is 10.2. The van der Waals surface area contributed by atoms with Crippen molar-refractivity contribution in [3.63, 3.8) is 0 Å². The molecular weight excluding hydrogens is 509 g/mol. The van der Waals surface area contributed by atoms with Gasteiger partial charge in [0.15, 0.2) is 0 Å². The molecule has 33 heavy (non-hydrogen) atoms. The summed E-state index contributed by atoms with van der Waals surface area (Å²) in [6, 6.07) is 10.4. The molecule has 1 atom stereocenters. The van der Waals surface area contributed by atoms with Crippen LogP contribution >= 0.6 is 34.8 Å². The molecule has 0 heterocycles. The maximum atomic E-state index is 13.5. The summed E-state index contributed by atoms with van der Waals surface area (Å²) >= 11 is 18.5. The van der Waals surface area contributed by atoms with E-state index in [0.717, 1.165) is 10.6 Å². The number of nitrogens with one attached hydrogen (secondary N) is 1. The second kappa shape index (κ2) is 11.9. The number of amides is 2. The molecule has 7 nitrogen and oxygen atoms in total. The summed E-state index contributed by atoms with van der Waals surface area (Å²) in [6.45, 7) is 3.41. The van der Waals surface area contributed by atoms with Gasteiger partial charge in [0.25, 0.3) is 0 Å². The number of likely N-dealkylation sites (N-methyl/N-ethyl adjacent to an activating group) is 1. The van der Waals surface area contributed by atoms with Crippen LogP contribution in [-0.4, -0.2) is 50.5 Å². The van der Waals surface area contributed by atoms with Crippen molar-refractivity contribution in [3.8, 4) is 0 Å². The minimum absolute atomic E-state index is 0.0279. The molecule has 0 aromatic heterocycles. The van der Waals surface area contributed by atoms with Crippen LogP contribution in [0.15, 0.2) is 42.5 Å². The molecule has 180 valence electrons. The topological polar surface area (TPSA) is 86.8 Å². The van der Waals surface area contributed by atoms with Gasteiger partial charge in [-0.25, -0.2) is 8.42 Å². The highest BCUT2D eigenvalue weighted by atomic mass is 35.5. The Labute approximate surface area is 209 Å². The standard InChI is InChI=1S/C22H26Cl3N3O4S/c1-4-19(22(30)26-5-2)27(13-15-8-6-7-9-17(15)24)21(29)14-28(33(3,31)32)20-11-10-16(23)12-18(20)25/h6-12,19H,4-5,13-14H2,1-3H3,(H,26,30). The molecule has 0 saturated heterocycles. The van der Waals surface area contributed by atoms with Crippen molar-refractivity contribution >= 4 is 62.3 Å². The largest absolute Gasteiger partial charge is 0.355 e. The Morgan fingerprint density at radius 2 is 1.70 bits per heavy atom. The highest BCUT2D eigenvalue weighted by Crippen LogP contribution is 2.30. The van der Waals surface area contributed by atoms with Crippen LogP contribution in [0.25, 0.3) is 0 Å². The molecule has 2 amide bonds. The molecule has 0 aliphatic heterocycles. The Morgan fingerprint density at radius 3 is 2.24 bits per heavy atom. The first kappa shape index (κ1) is 27.2. The summed E-state index contributed by atoms with van der Waals surface area (Å²) < 4.78 is 26.1. The lowest BCUT2D eigenvalue weighted by atomic mass is 10.1. The minimum Gasteiger partial charge on any atom is -0.355 e. The summed E-state index contributed by atoms with van der Waals surface area (Å²) in [5.41, 5.74) is 0.742. The Balaban J connectivity index is 2.48. The average Bonchev–Trinajstić information content (AvgIpc) is 2.73. The fourth-order valence-corrected chi connectivity index (χ4v) is 4.92. The number of anilines is 1. The summed E-state index contributed by atoms with van der Waals surface area (Å²) in [5.74, 6) is -0.916. The highest BCUT2D eigenvalue weighted by molar-refractivity contribution is 7.92. The maximum absolute atomic E-state index is 13.5. The molecule has 1 N–H and O–H groups in total. The smallest absolute Gasteiger partial charge is 0.244 e. The first-order valence-corrected chi connectivity index (χ1v) is 13.2. The van der Waals surface area contributed by atoms with Crippen molar-refractivity contribution in [1.82, 2.24) is 10.2 Å². The van der Waals surface area contributed by atoms with Crippen LogP contribution in [0.3, 0.4) is 0 Å². The third-order valence-corrected chi connectivity index (χ3v) is 6.93. The third kappa shape index (κ3) is 7.24. The van der Waals surface area contributed by atoms with Crippen molar-refractivity contribution in [2.45, 2.75) is 32.9 Å². The van der Waals surface area contributed by atoms with Crippen LogP contribution in [0, 0.1) is 0 Å². The highest BCUT2D eigenvalue weighted by Gasteiger charge is 2.32. The summed E-state index contributed by atoms with van der Waals surface area (Å²) in [5, 5.41) is 3.56. The van der Waals surface area contributed by atoms with E-state index in [1.165, 1.54) is 23.1 Å². The second-order valence-corrected chi connectivity index (χ2v) is 10.5. The van der Waals surface area contributed by atoms with Gasteiger partial charge in [-0.1, -0.05) is 59.9 Å². The number of nitrogens with zero attached hydrogens (tertiary/aromatic N) is 2. The van der Waals surface area contributed by atoms with Gasteiger partial charge in [-0.05, 0) is 43.2 Å². The van der Waals surface area contributed by atoms with Gasteiger partial charge in [0.1, 0.15) is 12.6 Å². The van der Waals surface area contributed by atoms with Gasteiger partial charge in [-0.3, -0.25) is 13.9 Å². The van der Waals surface area contributed by atoms with Crippen LogP contribution in [0.1, 0.15) is 25.8 Å². The van der Waals surface area contributed by atoms with Gasteiger partial charge in [0, 0.05) is 23.1 Å². The SMILES string of the molecule is CCNC(=O)C(CC)N(Cc1ccccc1Cl)C(=O)CN(c1ccc(Cl)cc1Cl)S(C)(=O)=O. The van der Waals surface area contributed by atoms with Crippen molar-refractivity contribution in [1.29, 1.82) is 0 Å². The van der Waals surface area contributed by atoms with Crippen molar-refractivity contribution in [2.75, 3.05) is 23.7 Å². The van der Waals surface area contributed by atoms with E-state index in [-0.39, 0.29) is 23.2 Å². The Kier molecular flexibility index (Phi) is 9.84. The summed E-state index contributed by atoms with van der Waals surface area (Å²) in [6.07, 6.45) is 1.30. The number of halogens is 3. The average molecular weight is 535 g/mol. The fraction of sp³-hybridized carbons (Fsp3) is 0.364. The minimum atomic E-state index is -3.89. The number of hydrogen-bond donors (Lipinski definition) is 1. The van der Waals surface area contributed by atoms with Gasteiger partial charge in [0.2, 0.25) is 21.8 Å². The van der Waals surface area contributed by atoms with E-state index in [9.17, 15) is 18.0 Å². The lowest BCUT2D eigenvalue weighted by Crippen LogP contribution is -2.52. The molecule has 0 aliphatic carbocycles. The van der Waals surface area contributed by atoms with Crippen molar-refractivity contribution in [3.05, 3.63) is 63.1 Å². The van der Waals surface area contributed by atoms with E-state index in [4.69, 9.17) is 34.8 Å². The molecule has 2 rings (SSSR count). The zero-order chi connectivity index (χ0) is 24.8. The Hall–Kier alpha value is -2.00. The van der Waals surface area contributed by atoms with E-state index in [1.54, 1.807) is 38.1 Å². The van der Waals surface area contributed by atoms with E-state index < -0.39 is 28.5 Å². The van der Waals surface area contributed by atoms with Crippen LogP contribution in [0.2, 0.25) is 15.1 Å². The normalized spacial score (nSPS) is 12.2. The van der Waals surface area contributed by atoms with Crippen LogP contribution in [0.4, 0.5) is 5.69 Å². The predicted molar refractivity (Wildman–Crippen MR) is 133 cm³/mol. The number of benzene rings is 2. The predicted octanol–water partition coefficient (Wildman–Crippen LogP) is 4.36. The molecule has 0 bridgehead atoms. The second-order valence-electron chi connectivity index (χ2n) is 7.30. The number of rotatable bonds is 10. The van der Waals surface area contributed by atoms with E-state index in [2.05, 4.69) is 5.32 Å². The molecule has 1 unspecified atom stereocenters. The quantitative estimate of drug-likeness (QED) is 0.491. The number of carbonyl (C=O) groups is 2. The van der Waals surface area contributed by atoms with Gasteiger partial charge < -0.3 is 10.2 Å². The molecule has 2 aromatic rings. The third-order valence-electron chi connectivity index (χ3n) is 4.89. The number of sulfonamides is 1. The summed E-state index contributed by atoms with van der Waals surface area (Å²) in [4.78, 5) is 27.6. The zero-order valence-electron chi connectivity index (χ0n) is 18.5. The Bertz CT molecular complexity index is 1110. The van der Waals surface area contributed by atoms with Crippen LogP contribution in [-0.2, 0) is 26.2 Å². The van der Waals surface area contributed by atoms with E-state index >= 15 is 0 Å². The molecule has 2 aromatic carbocycles. The summed E-state index contributed by atoms with van der Waals surface area (Å²) in [7, 11) is -3.89. The first-order chi connectivity index (χ1) is 15.5. The van der Waals surface area contributed by atoms with E-state index in [0.29, 0.717) is 28.6 Å². The fourth-order valence-electron chi connectivity index (χ4n) is 3.30. The van der Waals surface area contributed by atoms with Gasteiger partial charge in [-0.15, -0.1) is 0 Å². The monoisotopic (exact) mass is 533 g/mol. The Morgan fingerprint density at radius 1 is 1.03 bits per heavy atom. The van der Waals surface area contributed by atoms with E-state index in [1.807, 2.05) is 0 Å². The van der Waals surface area contributed by atoms with Crippen molar-refractivity contribution < 1.29 is 18.0 Å². The molecule has 0 fully saturated rings. The van der Waals surface area contributed by atoms with Gasteiger partial charge >= 0.3 is 0 Å². The lowest BCUT2D eigenvalue weighted by molar-refractivity contribution is -0.140. The maximum Gasteiger partial charge on any atom is 0.244 e. The molecule has 0 saturated carbocycles. The molecule has 0 radical (unpaired) electrons. The van der Waals surface area contributed by atoms with Crippen LogP contribution < -0.4 is 9.62 Å². The molecular formula is C22H26Cl3N3O4S. The molecule has 11 heteroatoms. The molecule has 0 aliphatic rings. The van der Waals surface area contributed by atoms with Gasteiger partial charge in [-0.2, -0.15) is 0 Å². The number of hydrogen-bond acceptors (Lipinski definition) is 4. The molecule has 0 spiro atoms. The zero-order valence-corrected chi connectivity index (χ0v) is 21.6. The lowest BCUT2D eigenvalue weighted by Gasteiger charge is -2.33. The van der Waals surface area contributed by atoms with Crippen molar-refractivity contribution in [2.24, 2.45) is 0 Å². The number of carbonyl (C=O) groups excluding carboxylic acids is 2.